The van der Waals surface area contributed by atoms with Crippen LogP contribution in [0.1, 0.15) is 0 Å². The first-order valence-corrected chi connectivity index (χ1v) is 8.09. The second-order valence-electron chi connectivity index (χ2n) is 5.66. The molecule has 0 unspecified atom stereocenters. The van der Waals surface area contributed by atoms with Gasteiger partial charge in [-0.05, 0) is 36.4 Å². The number of rotatable bonds is 4. The highest BCUT2D eigenvalue weighted by Crippen LogP contribution is 2.22. The lowest BCUT2D eigenvalue weighted by Gasteiger charge is -2.15. The van der Waals surface area contributed by atoms with Gasteiger partial charge in [0.15, 0.2) is 0 Å². The summed E-state index contributed by atoms with van der Waals surface area (Å²) >= 11 is 0. The summed E-state index contributed by atoms with van der Waals surface area (Å²) < 4.78 is 6.81. The van der Waals surface area contributed by atoms with E-state index in [1.165, 1.54) is 0 Å². The van der Waals surface area contributed by atoms with Gasteiger partial charge in [-0.3, -0.25) is 9.78 Å². The topological polar surface area (TPSA) is 69.0 Å². The zero-order chi connectivity index (χ0) is 17.9. The molecule has 6 heteroatoms. The molecule has 0 spiro atoms. The van der Waals surface area contributed by atoms with Crippen molar-refractivity contribution in [2.75, 3.05) is 12.4 Å². The quantitative estimate of drug-likeness (QED) is 0.613. The minimum absolute atomic E-state index is 0.157. The van der Waals surface area contributed by atoms with Gasteiger partial charge in [-0.1, -0.05) is 18.2 Å². The van der Waals surface area contributed by atoms with Crippen molar-refractivity contribution in [1.29, 1.82) is 0 Å². The fourth-order valence-electron chi connectivity index (χ4n) is 2.76. The van der Waals surface area contributed by atoms with Crippen LogP contribution in [0.25, 0.3) is 16.6 Å². The molecule has 4 aromatic rings. The Balaban J connectivity index is 1.98. The highest BCUT2D eigenvalue weighted by molar-refractivity contribution is 5.81. The van der Waals surface area contributed by atoms with Crippen LogP contribution in [-0.2, 0) is 0 Å². The van der Waals surface area contributed by atoms with Gasteiger partial charge in [0.2, 0.25) is 5.95 Å². The number of ether oxygens (including phenoxy) is 1. The molecule has 0 saturated carbocycles. The number of fused-ring (bicyclic) bond motifs is 1. The van der Waals surface area contributed by atoms with E-state index < -0.39 is 0 Å². The van der Waals surface area contributed by atoms with E-state index in [0.717, 1.165) is 11.4 Å². The Labute approximate surface area is 149 Å². The van der Waals surface area contributed by atoms with Crippen molar-refractivity contribution < 1.29 is 4.74 Å². The van der Waals surface area contributed by atoms with Crippen LogP contribution in [0, 0.1) is 0 Å². The van der Waals surface area contributed by atoms with E-state index in [9.17, 15) is 4.79 Å². The molecule has 0 aliphatic rings. The molecule has 2 heterocycles. The van der Waals surface area contributed by atoms with Crippen molar-refractivity contribution in [3.8, 4) is 11.4 Å². The van der Waals surface area contributed by atoms with Crippen LogP contribution < -0.4 is 15.6 Å². The number of methoxy groups -OCH3 is 1. The molecule has 2 aromatic carbocycles. The maximum Gasteiger partial charge on any atom is 0.267 e. The van der Waals surface area contributed by atoms with E-state index in [0.29, 0.717) is 22.6 Å². The fourth-order valence-corrected chi connectivity index (χ4v) is 2.76. The number of nitrogens with one attached hydrogen (secondary N) is 1. The normalized spacial score (nSPS) is 10.7. The van der Waals surface area contributed by atoms with Gasteiger partial charge in [0, 0.05) is 12.3 Å². The summed E-state index contributed by atoms with van der Waals surface area (Å²) in [7, 11) is 1.58. The van der Waals surface area contributed by atoms with Gasteiger partial charge >= 0.3 is 0 Å². The monoisotopic (exact) mass is 344 g/mol. The van der Waals surface area contributed by atoms with Crippen LogP contribution >= 0.6 is 0 Å². The highest BCUT2D eigenvalue weighted by atomic mass is 16.5. The molecule has 128 valence electrons. The van der Waals surface area contributed by atoms with E-state index in [2.05, 4.69) is 15.3 Å². The maximum atomic E-state index is 13.2. The van der Waals surface area contributed by atoms with Gasteiger partial charge in [0.05, 0.1) is 35.6 Å². The molecule has 0 radical (unpaired) electrons. The number of benzene rings is 2. The molecule has 4 rings (SSSR count). The van der Waals surface area contributed by atoms with Gasteiger partial charge in [-0.25, -0.2) is 9.55 Å². The van der Waals surface area contributed by atoms with Crippen LogP contribution in [0.2, 0.25) is 0 Å². The Morgan fingerprint density at radius 1 is 1.04 bits per heavy atom. The molecule has 0 aliphatic carbocycles. The van der Waals surface area contributed by atoms with Crippen LogP contribution in [0.15, 0.2) is 77.9 Å². The summed E-state index contributed by atoms with van der Waals surface area (Å²) in [4.78, 5) is 21.9. The van der Waals surface area contributed by atoms with Crippen LogP contribution in [0.4, 0.5) is 11.6 Å². The van der Waals surface area contributed by atoms with Crippen molar-refractivity contribution in [3.05, 3.63) is 83.4 Å². The molecule has 0 fully saturated rings. The van der Waals surface area contributed by atoms with Gasteiger partial charge < -0.3 is 10.1 Å². The van der Waals surface area contributed by atoms with Crippen molar-refractivity contribution in [3.63, 3.8) is 0 Å². The summed E-state index contributed by atoms with van der Waals surface area (Å²) in [6.45, 7) is 0. The van der Waals surface area contributed by atoms with Crippen molar-refractivity contribution in [2.45, 2.75) is 0 Å². The van der Waals surface area contributed by atoms with Crippen molar-refractivity contribution in [1.82, 2.24) is 14.5 Å². The molecule has 0 atom stereocenters. The SMILES string of the molecule is COc1ccc2c(=O)n(-c3ccccc3)c(Nc3cccnc3)nc2c1. The predicted molar refractivity (Wildman–Crippen MR) is 101 cm³/mol. The molecule has 26 heavy (non-hydrogen) atoms. The lowest BCUT2D eigenvalue weighted by atomic mass is 10.2. The third-order valence-corrected chi connectivity index (χ3v) is 4.01. The molecular formula is C20H16N4O2. The summed E-state index contributed by atoms with van der Waals surface area (Å²) in [6.07, 6.45) is 3.37. The molecule has 0 saturated heterocycles. The van der Waals surface area contributed by atoms with Gasteiger partial charge in [0.25, 0.3) is 5.56 Å². The highest BCUT2D eigenvalue weighted by Gasteiger charge is 2.13. The molecule has 1 N–H and O–H groups in total. The molecule has 0 amide bonds. The van der Waals surface area contributed by atoms with Crippen LogP contribution in [-0.4, -0.2) is 21.6 Å². The van der Waals surface area contributed by atoms with E-state index >= 15 is 0 Å². The Kier molecular flexibility index (Phi) is 4.07. The number of aromatic nitrogens is 3. The average molecular weight is 344 g/mol. The Bertz CT molecular complexity index is 1110. The molecule has 0 bridgehead atoms. The molecule has 0 aliphatic heterocycles. The van der Waals surface area contributed by atoms with Gasteiger partial charge in [-0.15, -0.1) is 0 Å². The number of anilines is 2. The standard InChI is InChI=1S/C20H16N4O2/c1-26-16-9-10-17-18(12-16)23-20(22-14-6-5-11-21-13-14)24(19(17)25)15-7-3-2-4-8-15/h2-13H,1H3,(H,22,23). The van der Waals surface area contributed by atoms with E-state index in [-0.39, 0.29) is 5.56 Å². The number of hydrogen-bond acceptors (Lipinski definition) is 5. The zero-order valence-electron chi connectivity index (χ0n) is 14.1. The average Bonchev–Trinajstić information content (AvgIpc) is 2.69. The fraction of sp³-hybridized carbons (Fsp3) is 0.0500. The number of pyridine rings is 1. The Hall–Kier alpha value is -3.67. The second-order valence-corrected chi connectivity index (χ2v) is 5.66. The summed E-state index contributed by atoms with van der Waals surface area (Å²) in [5.74, 6) is 1.06. The molecule has 6 nitrogen and oxygen atoms in total. The van der Waals surface area contributed by atoms with Crippen LogP contribution in [0.3, 0.4) is 0 Å². The first-order chi connectivity index (χ1) is 12.8. The smallest absolute Gasteiger partial charge is 0.267 e. The summed E-state index contributed by atoms with van der Waals surface area (Å²) in [6, 6.07) is 18.3. The number of nitrogens with zero attached hydrogens (tertiary/aromatic N) is 3. The maximum absolute atomic E-state index is 13.2. The molecule has 2 aromatic heterocycles. The summed E-state index contributed by atoms with van der Waals surface area (Å²) in [5, 5.41) is 3.71. The van der Waals surface area contributed by atoms with E-state index in [1.807, 2.05) is 42.5 Å². The lowest BCUT2D eigenvalue weighted by Crippen LogP contribution is -2.22. The third kappa shape index (κ3) is 2.88. The second kappa shape index (κ2) is 6.68. The minimum atomic E-state index is -0.157. The Morgan fingerprint density at radius 2 is 1.88 bits per heavy atom. The van der Waals surface area contributed by atoms with Gasteiger partial charge in [-0.2, -0.15) is 0 Å². The van der Waals surface area contributed by atoms with E-state index in [4.69, 9.17) is 4.74 Å². The largest absolute Gasteiger partial charge is 0.497 e. The Morgan fingerprint density at radius 3 is 2.62 bits per heavy atom. The van der Waals surface area contributed by atoms with E-state index in [1.54, 1.807) is 42.3 Å². The minimum Gasteiger partial charge on any atom is -0.497 e. The van der Waals surface area contributed by atoms with Crippen molar-refractivity contribution in [2.24, 2.45) is 0 Å². The first kappa shape index (κ1) is 15.8. The number of hydrogen-bond donors (Lipinski definition) is 1. The lowest BCUT2D eigenvalue weighted by molar-refractivity contribution is 0.415. The predicted octanol–water partition coefficient (Wildman–Crippen LogP) is 3.53. The summed E-state index contributed by atoms with van der Waals surface area (Å²) in [5.41, 5.74) is 1.88. The third-order valence-electron chi connectivity index (χ3n) is 4.01. The molecular weight excluding hydrogens is 328 g/mol. The number of para-hydroxylation sites is 1. The van der Waals surface area contributed by atoms with Crippen LogP contribution in [0.5, 0.6) is 5.75 Å². The van der Waals surface area contributed by atoms with Crippen molar-refractivity contribution >= 4 is 22.5 Å². The van der Waals surface area contributed by atoms with Gasteiger partial charge in [0.1, 0.15) is 5.75 Å². The first-order valence-electron chi connectivity index (χ1n) is 8.09. The zero-order valence-corrected chi connectivity index (χ0v) is 14.1.